The minimum Gasteiger partial charge on any atom is -0.618 e. The predicted octanol–water partition coefficient (Wildman–Crippen LogP) is 3.64. The van der Waals surface area contributed by atoms with Crippen LogP contribution in [-0.2, 0) is 10.9 Å². The van der Waals surface area contributed by atoms with Gasteiger partial charge in [0.15, 0.2) is 0 Å². The largest absolute Gasteiger partial charge is 0.618 e. The van der Waals surface area contributed by atoms with Crippen LogP contribution in [-0.4, -0.2) is 22.5 Å². The van der Waals surface area contributed by atoms with Gasteiger partial charge in [-0.25, -0.2) is 14.8 Å². The lowest BCUT2D eigenvalue weighted by Gasteiger charge is -2.12. The molecule has 6 nitrogen and oxygen atoms in total. The second-order valence-electron chi connectivity index (χ2n) is 5.65. The van der Waals surface area contributed by atoms with E-state index in [4.69, 9.17) is 4.74 Å². The summed E-state index contributed by atoms with van der Waals surface area (Å²) in [5.41, 5.74) is -1.36. The summed E-state index contributed by atoms with van der Waals surface area (Å²) in [5.74, 6) is -0.714. The summed E-state index contributed by atoms with van der Waals surface area (Å²) in [6.45, 7) is 1.71. The van der Waals surface area contributed by atoms with E-state index in [1.807, 2.05) is 0 Å². The Morgan fingerprint density at radius 1 is 1.11 bits per heavy atom. The van der Waals surface area contributed by atoms with E-state index in [1.165, 1.54) is 18.3 Å². The molecule has 0 bridgehead atoms. The Morgan fingerprint density at radius 2 is 1.79 bits per heavy atom. The zero-order valence-corrected chi connectivity index (χ0v) is 14.6. The molecular formula is C19H14F3N3O3. The van der Waals surface area contributed by atoms with Gasteiger partial charge in [0.2, 0.25) is 11.4 Å². The SMILES string of the molecule is CCOC(=O)c1cc(-c2ccccn2)[n+]([O-])c(-c2cccc(C(F)(F)F)n2)c1. The van der Waals surface area contributed by atoms with Gasteiger partial charge in [0, 0.05) is 18.3 Å². The summed E-state index contributed by atoms with van der Waals surface area (Å²) in [6, 6.07) is 10.5. The molecule has 0 radical (unpaired) electrons. The Morgan fingerprint density at radius 3 is 2.39 bits per heavy atom. The van der Waals surface area contributed by atoms with E-state index in [-0.39, 0.29) is 34.9 Å². The second-order valence-corrected chi connectivity index (χ2v) is 5.65. The molecule has 0 aromatic carbocycles. The van der Waals surface area contributed by atoms with Gasteiger partial charge in [-0.15, -0.1) is 0 Å². The van der Waals surface area contributed by atoms with Crippen LogP contribution in [0.25, 0.3) is 22.8 Å². The highest BCUT2D eigenvalue weighted by Gasteiger charge is 2.33. The van der Waals surface area contributed by atoms with E-state index in [1.54, 1.807) is 25.1 Å². The Hall–Kier alpha value is -3.49. The van der Waals surface area contributed by atoms with Crippen molar-refractivity contribution < 1.29 is 27.4 Å². The number of pyridine rings is 3. The van der Waals surface area contributed by atoms with Gasteiger partial charge in [0.25, 0.3) is 0 Å². The number of aromatic nitrogens is 3. The molecule has 0 spiro atoms. The van der Waals surface area contributed by atoms with Gasteiger partial charge in [-0.1, -0.05) is 12.1 Å². The average Bonchev–Trinajstić information content (AvgIpc) is 2.68. The summed E-state index contributed by atoms with van der Waals surface area (Å²) >= 11 is 0. The maximum Gasteiger partial charge on any atom is 0.433 e. The minimum atomic E-state index is -4.67. The standard InChI is InChI=1S/C19H14F3N3O3/c1-2-28-18(26)12-10-15(13-6-3-4-9-23-13)25(27)16(11-12)14-7-5-8-17(24-14)19(20,21)22/h3-11H,2H2,1H3. The number of ether oxygens (including phenoxy) is 1. The molecule has 0 atom stereocenters. The quantitative estimate of drug-likeness (QED) is 0.387. The molecule has 3 aromatic heterocycles. The fraction of sp³-hybridized carbons (Fsp3) is 0.158. The Bertz CT molecular complexity index is 1010. The lowest BCUT2D eigenvalue weighted by atomic mass is 10.1. The highest BCUT2D eigenvalue weighted by molar-refractivity contribution is 5.91. The lowest BCUT2D eigenvalue weighted by Crippen LogP contribution is -2.33. The molecule has 0 aliphatic rings. The normalized spacial score (nSPS) is 11.3. The van der Waals surface area contributed by atoms with Crippen molar-refractivity contribution in [1.29, 1.82) is 0 Å². The van der Waals surface area contributed by atoms with E-state index in [9.17, 15) is 23.2 Å². The van der Waals surface area contributed by atoms with Crippen LogP contribution in [0.4, 0.5) is 13.2 Å². The van der Waals surface area contributed by atoms with Crippen molar-refractivity contribution in [3.63, 3.8) is 0 Å². The third-order valence-electron chi connectivity index (χ3n) is 3.76. The van der Waals surface area contributed by atoms with Crippen molar-refractivity contribution in [2.24, 2.45) is 0 Å². The van der Waals surface area contributed by atoms with E-state index >= 15 is 0 Å². The van der Waals surface area contributed by atoms with Crippen LogP contribution in [0.2, 0.25) is 0 Å². The van der Waals surface area contributed by atoms with E-state index < -0.39 is 17.8 Å². The number of rotatable bonds is 4. The molecule has 0 saturated carbocycles. The molecule has 3 aromatic rings. The number of halogens is 3. The third-order valence-corrected chi connectivity index (χ3v) is 3.76. The average molecular weight is 389 g/mol. The summed E-state index contributed by atoms with van der Waals surface area (Å²) < 4.78 is 44.4. The Balaban J connectivity index is 2.23. The van der Waals surface area contributed by atoms with Crippen LogP contribution in [0.3, 0.4) is 0 Å². The molecule has 0 N–H and O–H groups in total. The van der Waals surface area contributed by atoms with Crippen LogP contribution in [0, 0.1) is 5.21 Å². The van der Waals surface area contributed by atoms with E-state index in [0.29, 0.717) is 4.73 Å². The highest BCUT2D eigenvalue weighted by atomic mass is 19.4. The Kier molecular flexibility index (Phi) is 5.25. The molecule has 144 valence electrons. The molecule has 9 heteroatoms. The van der Waals surface area contributed by atoms with Gasteiger partial charge in [-0.2, -0.15) is 17.9 Å². The van der Waals surface area contributed by atoms with Gasteiger partial charge in [-0.3, -0.25) is 0 Å². The highest BCUT2D eigenvalue weighted by Crippen LogP contribution is 2.29. The van der Waals surface area contributed by atoms with Gasteiger partial charge in [-0.05, 0) is 31.2 Å². The fourth-order valence-electron chi connectivity index (χ4n) is 2.52. The van der Waals surface area contributed by atoms with Crippen LogP contribution in [0.5, 0.6) is 0 Å². The van der Waals surface area contributed by atoms with Crippen LogP contribution < -0.4 is 4.73 Å². The summed E-state index contributed by atoms with van der Waals surface area (Å²) in [6.07, 6.45) is -3.22. The van der Waals surface area contributed by atoms with Crippen LogP contribution in [0.1, 0.15) is 23.0 Å². The first kappa shape index (κ1) is 19.3. The summed E-state index contributed by atoms with van der Waals surface area (Å²) in [4.78, 5) is 19.8. The van der Waals surface area contributed by atoms with Crippen molar-refractivity contribution in [3.05, 3.63) is 71.2 Å². The smallest absolute Gasteiger partial charge is 0.433 e. The number of hydrogen-bond acceptors (Lipinski definition) is 5. The first-order chi connectivity index (χ1) is 13.3. The number of alkyl halides is 3. The van der Waals surface area contributed by atoms with Gasteiger partial charge >= 0.3 is 12.1 Å². The molecule has 0 aliphatic carbocycles. The maximum absolute atomic E-state index is 13.0. The number of hydrogen-bond donors (Lipinski definition) is 0. The van der Waals surface area contributed by atoms with Gasteiger partial charge in [0.05, 0.1) is 12.2 Å². The first-order valence-corrected chi connectivity index (χ1v) is 8.22. The molecule has 28 heavy (non-hydrogen) atoms. The zero-order valence-electron chi connectivity index (χ0n) is 14.6. The number of nitrogens with zero attached hydrogens (tertiary/aromatic N) is 3. The van der Waals surface area contributed by atoms with Gasteiger partial charge in [0.1, 0.15) is 17.1 Å². The van der Waals surface area contributed by atoms with E-state index in [2.05, 4.69) is 9.97 Å². The third kappa shape index (κ3) is 3.93. The van der Waals surface area contributed by atoms with Crippen LogP contribution in [0.15, 0.2) is 54.7 Å². The predicted molar refractivity (Wildman–Crippen MR) is 92.8 cm³/mol. The minimum absolute atomic E-state index is 0.00353. The number of carbonyl (C=O) groups excluding carboxylic acids is 1. The molecule has 0 unspecified atom stereocenters. The first-order valence-electron chi connectivity index (χ1n) is 8.22. The maximum atomic E-state index is 13.0. The number of carbonyl (C=O) groups is 1. The molecule has 3 heterocycles. The molecule has 3 rings (SSSR count). The molecular weight excluding hydrogens is 375 g/mol. The van der Waals surface area contributed by atoms with Crippen molar-refractivity contribution in [1.82, 2.24) is 9.97 Å². The van der Waals surface area contributed by atoms with Crippen molar-refractivity contribution in [2.45, 2.75) is 13.1 Å². The molecule has 0 amide bonds. The second kappa shape index (κ2) is 7.63. The van der Waals surface area contributed by atoms with Crippen LogP contribution >= 0.6 is 0 Å². The topological polar surface area (TPSA) is 79.0 Å². The molecule has 0 fully saturated rings. The van der Waals surface area contributed by atoms with Crippen molar-refractivity contribution >= 4 is 5.97 Å². The summed E-state index contributed by atoms with van der Waals surface area (Å²) in [7, 11) is 0. The zero-order chi connectivity index (χ0) is 20.3. The molecule has 0 saturated heterocycles. The van der Waals surface area contributed by atoms with Gasteiger partial charge < -0.3 is 9.94 Å². The molecule has 0 aliphatic heterocycles. The fourth-order valence-corrected chi connectivity index (χ4v) is 2.52. The van der Waals surface area contributed by atoms with Crippen molar-refractivity contribution in [3.8, 4) is 22.8 Å². The number of esters is 1. The Labute approximate surface area is 157 Å². The summed E-state index contributed by atoms with van der Waals surface area (Å²) in [5, 5.41) is 12.9. The van der Waals surface area contributed by atoms with Crippen molar-refractivity contribution in [2.75, 3.05) is 6.61 Å². The monoisotopic (exact) mass is 389 g/mol. The van der Waals surface area contributed by atoms with E-state index in [0.717, 1.165) is 18.2 Å². The lowest BCUT2D eigenvalue weighted by molar-refractivity contribution is -0.582.